The van der Waals surface area contributed by atoms with Gasteiger partial charge >= 0.3 is 0 Å². The van der Waals surface area contributed by atoms with Gasteiger partial charge in [-0.2, -0.15) is 0 Å². The number of benzene rings is 1. The SMILES string of the molecule is CN(c1ccccc1N(C)C(C)(C)C)C(C)(C)C. The highest BCUT2D eigenvalue weighted by molar-refractivity contribution is 5.72. The highest BCUT2D eigenvalue weighted by Crippen LogP contribution is 2.34. The molecule has 0 saturated carbocycles. The molecule has 0 radical (unpaired) electrons. The lowest BCUT2D eigenvalue weighted by molar-refractivity contribution is 0.524. The van der Waals surface area contributed by atoms with Gasteiger partial charge in [0.25, 0.3) is 0 Å². The molecule has 0 aromatic heterocycles. The van der Waals surface area contributed by atoms with Crippen molar-refractivity contribution in [2.24, 2.45) is 0 Å². The lowest BCUT2D eigenvalue weighted by Gasteiger charge is -2.40. The standard InChI is InChI=1S/C16H28N2/c1-15(2,3)17(7)13-11-9-10-12-14(13)18(8)16(4,5)6/h9-12H,1-8H3. The molecular weight excluding hydrogens is 220 g/mol. The van der Waals surface area contributed by atoms with Gasteiger partial charge in [0.1, 0.15) is 0 Å². The number of hydrogen-bond acceptors (Lipinski definition) is 2. The molecule has 1 aromatic carbocycles. The second-order valence-electron chi connectivity index (χ2n) is 6.95. The topological polar surface area (TPSA) is 6.48 Å². The van der Waals surface area contributed by atoms with Gasteiger partial charge in [-0.25, -0.2) is 0 Å². The minimum Gasteiger partial charge on any atom is -0.368 e. The predicted molar refractivity (Wildman–Crippen MR) is 82.8 cm³/mol. The summed E-state index contributed by atoms with van der Waals surface area (Å²) in [5.74, 6) is 0. The smallest absolute Gasteiger partial charge is 0.0605 e. The Morgan fingerprint density at radius 1 is 0.667 bits per heavy atom. The molecule has 2 heteroatoms. The maximum atomic E-state index is 2.34. The third-order valence-corrected chi connectivity index (χ3v) is 3.62. The molecule has 0 aliphatic carbocycles. The predicted octanol–water partition coefficient (Wildman–Crippen LogP) is 4.16. The summed E-state index contributed by atoms with van der Waals surface area (Å²) in [5.41, 5.74) is 2.80. The van der Waals surface area contributed by atoms with Crippen molar-refractivity contribution in [3.05, 3.63) is 24.3 Å². The first-order valence-electron chi connectivity index (χ1n) is 6.62. The number of anilines is 2. The van der Waals surface area contributed by atoms with Gasteiger partial charge in [-0.1, -0.05) is 12.1 Å². The number of nitrogens with zero attached hydrogens (tertiary/aromatic N) is 2. The zero-order valence-corrected chi connectivity index (χ0v) is 13.2. The summed E-state index contributed by atoms with van der Waals surface area (Å²) in [6, 6.07) is 8.61. The molecule has 0 fully saturated rings. The number of para-hydroxylation sites is 2. The quantitative estimate of drug-likeness (QED) is 0.775. The molecule has 1 rings (SSSR count). The van der Waals surface area contributed by atoms with Crippen LogP contribution in [0.5, 0.6) is 0 Å². The minimum atomic E-state index is 0.120. The third kappa shape index (κ3) is 3.18. The molecule has 0 unspecified atom stereocenters. The lowest BCUT2D eigenvalue weighted by Crippen LogP contribution is -2.42. The van der Waals surface area contributed by atoms with Gasteiger partial charge in [-0.3, -0.25) is 0 Å². The molecule has 0 amide bonds. The van der Waals surface area contributed by atoms with Gasteiger partial charge in [-0.05, 0) is 53.7 Å². The lowest BCUT2D eigenvalue weighted by atomic mass is 10.0. The van der Waals surface area contributed by atoms with E-state index in [2.05, 4.69) is 89.7 Å². The van der Waals surface area contributed by atoms with Crippen molar-refractivity contribution in [2.45, 2.75) is 52.6 Å². The Labute approximate surface area is 113 Å². The number of rotatable bonds is 2. The van der Waals surface area contributed by atoms with Crippen LogP contribution in [0.3, 0.4) is 0 Å². The molecular formula is C16H28N2. The first-order chi connectivity index (χ1) is 8.05. The molecule has 0 N–H and O–H groups in total. The van der Waals surface area contributed by atoms with Crippen molar-refractivity contribution in [1.29, 1.82) is 0 Å². The normalized spacial score (nSPS) is 12.4. The van der Waals surface area contributed by atoms with E-state index in [1.165, 1.54) is 11.4 Å². The van der Waals surface area contributed by atoms with Crippen LogP contribution < -0.4 is 9.80 Å². The molecule has 0 bridgehead atoms. The van der Waals surface area contributed by atoms with Crippen LogP contribution in [-0.2, 0) is 0 Å². The molecule has 18 heavy (non-hydrogen) atoms. The zero-order chi connectivity index (χ0) is 14.1. The van der Waals surface area contributed by atoms with E-state index >= 15 is 0 Å². The summed E-state index contributed by atoms with van der Waals surface area (Å²) in [4.78, 5) is 4.68. The van der Waals surface area contributed by atoms with Gasteiger partial charge in [0.05, 0.1) is 11.4 Å². The Morgan fingerprint density at radius 3 is 1.17 bits per heavy atom. The van der Waals surface area contributed by atoms with Crippen LogP contribution in [0.2, 0.25) is 0 Å². The minimum absolute atomic E-state index is 0.120. The van der Waals surface area contributed by atoms with E-state index in [0.717, 1.165) is 0 Å². The number of hydrogen-bond donors (Lipinski definition) is 0. The molecule has 102 valence electrons. The summed E-state index contributed by atoms with van der Waals surface area (Å²) in [6.07, 6.45) is 0. The van der Waals surface area contributed by atoms with Gasteiger partial charge in [-0.15, -0.1) is 0 Å². The monoisotopic (exact) mass is 248 g/mol. The van der Waals surface area contributed by atoms with Crippen molar-refractivity contribution in [2.75, 3.05) is 23.9 Å². The van der Waals surface area contributed by atoms with Crippen molar-refractivity contribution < 1.29 is 0 Å². The molecule has 0 atom stereocenters. The second-order valence-corrected chi connectivity index (χ2v) is 6.95. The first kappa shape index (κ1) is 14.9. The van der Waals surface area contributed by atoms with Crippen molar-refractivity contribution in [1.82, 2.24) is 0 Å². The van der Waals surface area contributed by atoms with E-state index in [-0.39, 0.29) is 11.1 Å². The Morgan fingerprint density at radius 2 is 0.944 bits per heavy atom. The summed E-state index contributed by atoms with van der Waals surface area (Å²) in [5, 5.41) is 0. The highest BCUT2D eigenvalue weighted by atomic mass is 15.2. The van der Waals surface area contributed by atoms with Crippen LogP contribution in [0, 0.1) is 0 Å². The van der Waals surface area contributed by atoms with Gasteiger partial charge in [0, 0.05) is 25.2 Å². The van der Waals surface area contributed by atoms with E-state index in [0.29, 0.717) is 0 Å². The molecule has 0 saturated heterocycles. The maximum absolute atomic E-state index is 2.34. The first-order valence-corrected chi connectivity index (χ1v) is 6.62. The van der Waals surface area contributed by atoms with E-state index in [4.69, 9.17) is 0 Å². The van der Waals surface area contributed by atoms with E-state index in [1.54, 1.807) is 0 Å². The van der Waals surface area contributed by atoms with Crippen LogP contribution in [0.25, 0.3) is 0 Å². The second kappa shape index (κ2) is 4.83. The van der Waals surface area contributed by atoms with Crippen molar-refractivity contribution >= 4 is 11.4 Å². The Balaban J connectivity index is 3.23. The van der Waals surface area contributed by atoms with Crippen LogP contribution in [-0.4, -0.2) is 25.2 Å². The molecule has 0 aliphatic heterocycles. The Bertz CT molecular complexity index is 357. The van der Waals surface area contributed by atoms with Gasteiger partial charge in [0.15, 0.2) is 0 Å². The fourth-order valence-corrected chi connectivity index (χ4v) is 1.75. The molecule has 1 aromatic rings. The average molecular weight is 248 g/mol. The third-order valence-electron chi connectivity index (χ3n) is 3.62. The van der Waals surface area contributed by atoms with E-state index < -0.39 is 0 Å². The van der Waals surface area contributed by atoms with Crippen molar-refractivity contribution in [3.63, 3.8) is 0 Å². The van der Waals surface area contributed by atoms with Crippen LogP contribution in [0.1, 0.15) is 41.5 Å². The van der Waals surface area contributed by atoms with Crippen LogP contribution in [0.4, 0.5) is 11.4 Å². The van der Waals surface area contributed by atoms with Crippen LogP contribution in [0.15, 0.2) is 24.3 Å². The highest BCUT2D eigenvalue weighted by Gasteiger charge is 2.24. The zero-order valence-electron chi connectivity index (χ0n) is 13.2. The molecule has 0 spiro atoms. The van der Waals surface area contributed by atoms with E-state index in [1.807, 2.05) is 0 Å². The molecule has 0 aliphatic rings. The van der Waals surface area contributed by atoms with E-state index in [9.17, 15) is 0 Å². The summed E-state index contributed by atoms with van der Waals surface area (Å²) < 4.78 is 0. The Hall–Kier alpha value is -1.18. The van der Waals surface area contributed by atoms with Gasteiger partial charge in [0.2, 0.25) is 0 Å². The largest absolute Gasteiger partial charge is 0.368 e. The summed E-state index contributed by atoms with van der Waals surface area (Å²) in [7, 11) is 4.32. The van der Waals surface area contributed by atoms with Crippen molar-refractivity contribution in [3.8, 4) is 0 Å². The molecule has 0 heterocycles. The van der Waals surface area contributed by atoms with Gasteiger partial charge < -0.3 is 9.80 Å². The maximum Gasteiger partial charge on any atom is 0.0605 e. The molecule has 2 nitrogen and oxygen atoms in total. The summed E-state index contributed by atoms with van der Waals surface area (Å²) >= 11 is 0. The fourth-order valence-electron chi connectivity index (χ4n) is 1.75. The average Bonchev–Trinajstić information content (AvgIpc) is 2.24. The summed E-state index contributed by atoms with van der Waals surface area (Å²) in [6.45, 7) is 13.4. The Kier molecular flexibility index (Phi) is 3.99. The fraction of sp³-hybridized carbons (Fsp3) is 0.625. The van der Waals surface area contributed by atoms with Crippen LogP contribution >= 0.6 is 0 Å².